The topological polar surface area (TPSA) is 50.7 Å². The van der Waals surface area contributed by atoms with Gasteiger partial charge in [0.2, 0.25) is 0 Å². The molecule has 0 amide bonds. The van der Waals surface area contributed by atoms with E-state index in [1.54, 1.807) is 11.3 Å². The Bertz CT molecular complexity index is 1290. The van der Waals surface area contributed by atoms with Crippen molar-refractivity contribution in [1.29, 1.82) is 0 Å². The van der Waals surface area contributed by atoms with E-state index in [0.717, 1.165) is 52.1 Å². The van der Waals surface area contributed by atoms with Crippen LogP contribution < -0.4 is 5.56 Å². The minimum absolute atomic E-state index is 0.00260. The zero-order valence-corrected chi connectivity index (χ0v) is 18.1. The maximum Gasteiger partial charge on any atom is 0.260 e. The minimum atomic E-state index is -0.00260. The lowest BCUT2D eigenvalue weighted by Gasteiger charge is -2.17. The van der Waals surface area contributed by atoms with Crippen LogP contribution in [0.4, 0.5) is 0 Å². The summed E-state index contributed by atoms with van der Waals surface area (Å²) in [4.78, 5) is 23.2. The molecule has 148 valence electrons. The number of rotatable bonds is 2. The first kappa shape index (κ1) is 18.4. The molecule has 3 heterocycles. The summed E-state index contributed by atoms with van der Waals surface area (Å²) in [5, 5.41) is 0.813. The molecule has 0 aliphatic heterocycles. The Morgan fingerprint density at radius 3 is 2.69 bits per heavy atom. The van der Waals surface area contributed by atoms with E-state index in [4.69, 9.17) is 4.98 Å². The highest BCUT2D eigenvalue weighted by molar-refractivity contribution is 7.18. The molecule has 0 spiro atoms. The predicted octanol–water partition coefficient (Wildman–Crippen LogP) is 5.49. The molecule has 0 radical (unpaired) electrons. The van der Waals surface area contributed by atoms with Gasteiger partial charge in [0.25, 0.3) is 5.56 Å². The lowest BCUT2D eigenvalue weighted by Crippen LogP contribution is -2.13. The van der Waals surface area contributed by atoms with Crippen LogP contribution in [0.3, 0.4) is 0 Å². The molecule has 1 unspecified atom stereocenters. The van der Waals surface area contributed by atoms with Gasteiger partial charge in [-0.3, -0.25) is 4.79 Å². The lowest BCUT2D eigenvalue weighted by molar-refractivity contribution is 0.509. The number of fused-ring (bicyclic) bond motifs is 3. The average Bonchev–Trinajstić information content (AvgIpc) is 3.19. The number of aromatic nitrogens is 3. The molecule has 1 aliphatic carbocycles. The van der Waals surface area contributed by atoms with Gasteiger partial charge in [-0.25, -0.2) is 4.98 Å². The molecular formula is C24H25N3OS. The van der Waals surface area contributed by atoms with E-state index in [0.29, 0.717) is 11.7 Å². The Morgan fingerprint density at radius 1 is 1.17 bits per heavy atom. The second-order valence-electron chi connectivity index (χ2n) is 8.40. The first-order valence-electron chi connectivity index (χ1n) is 10.2. The molecule has 5 rings (SSSR count). The summed E-state index contributed by atoms with van der Waals surface area (Å²) in [6.07, 6.45) is 3.20. The van der Waals surface area contributed by atoms with Crippen molar-refractivity contribution in [3.05, 3.63) is 68.1 Å². The summed E-state index contributed by atoms with van der Waals surface area (Å²) in [5.74, 6) is 1.35. The normalized spacial score (nSPS) is 16.3. The Morgan fingerprint density at radius 2 is 1.93 bits per heavy atom. The molecule has 4 nitrogen and oxygen atoms in total. The van der Waals surface area contributed by atoms with Crippen molar-refractivity contribution in [2.24, 2.45) is 5.92 Å². The van der Waals surface area contributed by atoms with Gasteiger partial charge >= 0.3 is 0 Å². The predicted molar refractivity (Wildman–Crippen MR) is 120 cm³/mol. The standard InChI is InChI=1S/C24H25N3OS/c1-13-5-8-17(9-6-13)27-15(3)12-19(16(27)4)22-25-23(28)21-18-10-7-14(2)11-20(18)29-24(21)26-22/h5-6,8-9,12,14H,7,10-11H2,1-4H3,(H,25,26,28). The fraction of sp³-hybridized carbons (Fsp3) is 0.333. The van der Waals surface area contributed by atoms with Gasteiger partial charge in [0.15, 0.2) is 0 Å². The Kier molecular flexibility index (Phi) is 4.24. The Labute approximate surface area is 174 Å². The first-order chi connectivity index (χ1) is 13.9. The molecule has 29 heavy (non-hydrogen) atoms. The van der Waals surface area contributed by atoms with Gasteiger partial charge in [0.05, 0.1) is 5.39 Å². The molecule has 4 aromatic rings. The molecule has 1 aromatic carbocycles. The number of hydrogen-bond donors (Lipinski definition) is 1. The van der Waals surface area contributed by atoms with E-state index in [-0.39, 0.29) is 5.56 Å². The van der Waals surface area contributed by atoms with E-state index in [9.17, 15) is 4.79 Å². The SMILES string of the molecule is Cc1ccc(-n2c(C)cc(-c3nc4sc5c(c4c(=O)[nH]3)CCC(C)C5)c2C)cc1. The van der Waals surface area contributed by atoms with Crippen molar-refractivity contribution in [2.45, 2.75) is 47.0 Å². The Hall–Kier alpha value is -2.66. The van der Waals surface area contributed by atoms with E-state index in [1.807, 2.05) is 0 Å². The van der Waals surface area contributed by atoms with Gasteiger partial charge in [-0.1, -0.05) is 24.6 Å². The van der Waals surface area contributed by atoms with Gasteiger partial charge in [0, 0.05) is 27.5 Å². The molecular weight excluding hydrogens is 378 g/mol. The zero-order valence-electron chi connectivity index (χ0n) is 17.3. The second kappa shape index (κ2) is 6.70. The van der Waals surface area contributed by atoms with Crippen molar-refractivity contribution in [1.82, 2.24) is 14.5 Å². The van der Waals surface area contributed by atoms with Crippen LogP contribution in [-0.2, 0) is 12.8 Å². The van der Waals surface area contributed by atoms with Crippen LogP contribution in [0.15, 0.2) is 35.1 Å². The van der Waals surface area contributed by atoms with Gasteiger partial charge < -0.3 is 9.55 Å². The molecule has 1 aliphatic rings. The van der Waals surface area contributed by atoms with Crippen molar-refractivity contribution in [2.75, 3.05) is 0 Å². The number of hydrogen-bond acceptors (Lipinski definition) is 3. The molecule has 0 bridgehead atoms. The third kappa shape index (κ3) is 2.96. The highest BCUT2D eigenvalue weighted by Crippen LogP contribution is 2.36. The fourth-order valence-corrected chi connectivity index (χ4v) is 5.95. The van der Waals surface area contributed by atoms with Crippen molar-refractivity contribution >= 4 is 21.6 Å². The van der Waals surface area contributed by atoms with E-state index in [1.165, 1.54) is 16.0 Å². The summed E-state index contributed by atoms with van der Waals surface area (Å²) < 4.78 is 2.22. The third-order valence-electron chi connectivity index (χ3n) is 6.14. The molecule has 0 saturated heterocycles. The van der Waals surface area contributed by atoms with Crippen molar-refractivity contribution < 1.29 is 0 Å². The van der Waals surface area contributed by atoms with Crippen LogP contribution in [0.1, 0.15) is 40.7 Å². The highest BCUT2D eigenvalue weighted by Gasteiger charge is 2.24. The van der Waals surface area contributed by atoms with Crippen LogP contribution in [0.25, 0.3) is 27.3 Å². The first-order valence-corrected chi connectivity index (χ1v) is 11.0. The summed E-state index contributed by atoms with van der Waals surface area (Å²) in [6.45, 7) is 8.57. The number of nitrogens with zero attached hydrogens (tertiary/aromatic N) is 2. The lowest BCUT2D eigenvalue weighted by atomic mass is 9.89. The van der Waals surface area contributed by atoms with E-state index >= 15 is 0 Å². The zero-order chi connectivity index (χ0) is 20.3. The van der Waals surface area contributed by atoms with Crippen LogP contribution >= 0.6 is 11.3 Å². The maximum absolute atomic E-state index is 13.0. The summed E-state index contributed by atoms with van der Waals surface area (Å²) in [5.41, 5.74) is 6.80. The third-order valence-corrected chi connectivity index (χ3v) is 7.29. The quantitative estimate of drug-likeness (QED) is 0.481. The second-order valence-corrected chi connectivity index (χ2v) is 9.49. The van der Waals surface area contributed by atoms with E-state index in [2.05, 4.69) is 67.6 Å². The molecule has 3 aromatic heterocycles. The van der Waals surface area contributed by atoms with Gasteiger partial charge in [-0.15, -0.1) is 11.3 Å². The number of aromatic amines is 1. The summed E-state index contributed by atoms with van der Waals surface area (Å²) >= 11 is 1.70. The van der Waals surface area contributed by atoms with Crippen LogP contribution in [0.2, 0.25) is 0 Å². The number of benzene rings is 1. The van der Waals surface area contributed by atoms with Crippen molar-refractivity contribution in [3.63, 3.8) is 0 Å². The van der Waals surface area contributed by atoms with Crippen molar-refractivity contribution in [3.8, 4) is 17.1 Å². The van der Waals surface area contributed by atoms with Gasteiger partial charge in [-0.2, -0.15) is 0 Å². The smallest absolute Gasteiger partial charge is 0.260 e. The minimum Gasteiger partial charge on any atom is -0.318 e. The molecule has 5 heteroatoms. The largest absolute Gasteiger partial charge is 0.318 e. The molecule has 1 N–H and O–H groups in total. The number of H-pyrrole nitrogens is 1. The molecule has 1 atom stereocenters. The number of nitrogens with one attached hydrogen (secondary N) is 1. The maximum atomic E-state index is 13.0. The Balaban J connectivity index is 1.66. The van der Waals surface area contributed by atoms with Gasteiger partial charge in [0.1, 0.15) is 10.7 Å². The van der Waals surface area contributed by atoms with Gasteiger partial charge in [-0.05, 0) is 69.7 Å². The highest BCUT2D eigenvalue weighted by atomic mass is 32.1. The number of aryl methyl sites for hydroxylation is 3. The van der Waals surface area contributed by atoms with Crippen LogP contribution in [-0.4, -0.2) is 14.5 Å². The summed E-state index contributed by atoms with van der Waals surface area (Å²) in [7, 11) is 0. The molecule has 0 saturated carbocycles. The number of thiophene rings is 1. The molecule has 0 fully saturated rings. The van der Waals surface area contributed by atoms with Crippen LogP contribution in [0, 0.1) is 26.7 Å². The fourth-order valence-electron chi connectivity index (χ4n) is 4.57. The average molecular weight is 404 g/mol. The summed E-state index contributed by atoms with van der Waals surface area (Å²) in [6, 6.07) is 10.6. The van der Waals surface area contributed by atoms with E-state index < -0.39 is 0 Å². The monoisotopic (exact) mass is 403 g/mol. The van der Waals surface area contributed by atoms with Crippen LogP contribution in [0.5, 0.6) is 0 Å².